The van der Waals surface area contributed by atoms with Gasteiger partial charge in [-0.15, -0.1) is 11.3 Å². The van der Waals surface area contributed by atoms with E-state index in [0.717, 1.165) is 51.6 Å². The predicted octanol–water partition coefficient (Wildman–Crippen LogP) is 8.17. The molecule has 5 rings (SSSR count). The van der Waals surface area contributed by atoms with Crippen molar-refractivity contribution < 1.29 is 4.39 Å². The Morgan fingerprint density at radius 3 is 2.21 bits per heavy atom. The highest BCUT2D eigenvalue weighted by molar-refractivity contribution is 7.18. The first kappa shape index (κ1) is 22.5. The number of aryl methyl sites for hydroxylation is 2. The number of hydrogen-bond donors (Lipinski definition) is 1. The molecule has 2 aromatic heterocycles. The number of nitrogens with one attached hydrogen (secondary N) is 1. The van der Waals surface area contributed by atoms with Crippen LogP contribution in [0.5, 0.6) is 0 Å². The number of halogens is 2. The molecule has 0 fully saturated rings. The molecule has 0 spiro atoms. The normalized spacial score (nSPS) is 11.1. The number of thiophene rings is 1. The highest BCUT2D eigenvalue weighted by Gasteiger charge is 2.12. The van der Waals surface area contributed by atoms with Crippen LogP contribution in [0.2, 0.25) is 5.02 Å². The molecule has 0 amide bonds. The van der Waals surface area contributed by atoms with E-state index in [1.807, 2.05) is 24.3 Å². The average Bonchev–Trinajstić information content (AvgIpc) is 3.23. The zero-order chi connectivity index (χ0) is 23.5. The first-order chi connectivity index (χ1) is 16.5. The maximum atomic E-state index is 13.4. The van der Waals surface area contributed by atoms with E-state index in [1.54, 1.807) is 23.5 Å². The molecule has 0 unspecified atom stereocenters. The van der Waals surface area contributed by atoms with E-state index in [-0.39, 0.29) is 5.82 Å². The Kier molecular flexibility index (Phi) is 6.57. The topological polar surface area (TPSA) is 37.8 Å². The van der Waals surface area contributed by atoms with Crippen LogP contribution in [0.1, 0.15) is 16.9 Å². The Bertz CT molecular complexity index is 1410. The Labute approximate surface area is 207 Å². The molecule has 6 heteroatoms. The van der Waals surface area contributed by atoms with Gasteiger partial charge in [0.05, 0.1) is 5.39 Å². The van der Waals surface area contributed by atoms with Gasteiger partial charge < -0.3 is 5.32 Å². The maximum Gasteiger partial charge on any atom is 0.163 e. The van der Waals surface area contributed by atoms with Crippen molar-refractivity contribution in [3.63, 3.8) is 0 Å². The SMILES string of the molecule is Cc1cc2c(NCCCc3ccc(-c4ccc(Cl)cc4)cc3)nc(-c3ccc(F)cc3)nc2s1. The van der Waals surface area contributed by atoms with Crippen molar-refractivity contribution in [2.75, 3.05) is 11.9 Å². The second-order valence-electron chi connectivity index (χ2n) is 8.21. The largest absolute Gasteiger partial charge is 0.369 e. The monoisotopic (exact) mass is 487 g/mol. The lowest BCUT2D eigenvalue weighted by molar-refractivity contribution is 0.628. The number of nitrogens with zero attached hydrogens (tertiary/aromatic N) is 2. The summed E-state index contributed by atoms with van der Waals surface area (Å²) in [5.41, 5.74) is 4.44. The maximum absolute atomic E-state index is 13.4. The first-order valence-corrected chi connectivity index (χ1v) is 12.4. The molecule has 0 saturated carbocycles. The van der Waals surface area contributed by atoms with Crippen LogP contribution in [0.25, 0.3) is 32.7 Å². The van der Waals surface area contributed by atoms with Crippen LogP contribution < -0.4 is 5.32 Å². The van der Waals surface area contributed by atoms with Gasteiger partial charge in [0.25, 0.3) is 0 Å². The van der Waals surface area contributed by atoms with Crippen LogP contribution in [-0.4, -0.2) is 16.5 Å². The lowest BCUT2D eigenvalue weighted by atomic mass is 10.0. The number of benzene rings is 3. The highest BCUT2D eigenvalue weighted by atomic mass is 35.5. The Hall–Kier alpha value is -3.28. The van der Waals surface area contributed by atoms with Crippen molar-refractivity contribution >= 4 is 39.0 Å². The molecule has 170 valence electrons. The van der Waals surface area contributed by atoms with Crippen LogP contribution in [0, 0.1) is 12.7 Å². The third-order valence-corrected chi connectivity index (χ3v) is 6.88. The second kappa shape index (κ2) is 9.92. The van der Waals surface area contributed by atoms with E-state index in [9.17, 15) is 4.39 Å². The number of fused-ring (bicyclic) bond motifs is 1. The summed E-state index contributed by atoms with van der Waals surface area (Å²) in [7, 11) is 0. The second-order valence-corrected chi connectivity index (χ2v) is 9.88. The highest BCUT2D eigenvalue weighted by Crippen LogP contribution is 2.31. The molecule has 2 heterocycles. The minimum Gasteiger partial charge on any atom is -0.369 e. The molecule has 0 aliphatic heterocycles. The molecule has 1 N–H and O–H groups in total. The van der Waals surface area contributed by atoms with Gasteiger partial charge in [0.1, 0.15) is 16.5 Å². The van der Waals surface area contributed by atoms with Gasteiger partial charge in [-0.2, -0.15) is 0 Å². The van der Waals surface area contributed by atoms with Crippen molar-refractivity contribution in [2.45, 2.75) is 19.8 Å². The summed E-state index contributed by atoms with van der Waals surface area (Å²) in [4.78, 5) is 11.6. The summed E-state index contributed by atoms with van der Waals surface area (Å²) in [5.74, 6) is 1.16. The van der Waals surface area contributed by atoms with Gasteiger partial charge in [-0.05, 0) is 78.9 Å². The van der Waals surface area contributed by atoms with E-state index < -0.39 is 0 Å². The van der Waals surface area contributed by atoms with Crippen molar-refractivity contribution in [3.05, 3.63) is 100 Å². The lowest BCUT2D eigenvalue weighted by Crippen LogP contribution is -2.06. The molecule has 0 bridgehead atoms. The number of anilines is 1. The summed E-state index contributed by atoms with van der Waals surface area (Å²) in [6.07, 6.45) is 1.94. The van der Waals surface area contributed by atoms with Crippen molar-refractivity contribution in [1.29, 1.82) is 0 Å². The van der Waals surface area contributed by atoms with Crippen molar-refractivity contribution in [1.82, 2.24) is 9.97 Å². The lowest BCUT2D eigenvalue weighted by Gasteiger charge is -2.10. The number of aromatic nitrogens is 2. The fraction of sp³-hybridized carbons (Fsp3) is 0.143. The fourth-order valence-electron chi connectivity index (χ4n) is 3.91. The standard InChI is InChI=1S/C28H23ClFN3S/c1-18-17-25-27(32-26(33-28(25)34-18)22-10-14-24(30)15-11-22)31-16-2-3-19-4-6-20(7-5-19)21-8-12-23(29)13-9-21/h4-15,17H,2-3,16H2,1H3,(H,31,32,33). The summed E-state index contributed by atoms with van der Waals surface area (Å²) >= 11 is 7.63. The van der Waals surface area contributed by atoms with E-state index >= 15 is 0 Å². The Balaban J connectivity index is 1.26. The zero-order valence-corrected chi connectivity index (χ0v) is 20.3. The van der Waals surface area contributed by atoms with Crippen LogP contribution >= 0.6 is 22.9 Å². The molecule has 0 atom stereocenters. The number of rotatable bonds is 7. The Morgan fingerprint density at radius 2 is 1.50 bits per heavy atom. The van der Waals surface area contributed by atoms with Crippen molar-refractivity contribution in [2.24, 2.45) is 0 Å². The van der Waals surface area contributed by atoms with E-state index in [4.69, 9.17) is 21.6 Å². The third kappa shape index (κ3) is 5.11. The van der Waals surface area contributed by atoms with E-state index in [0.29, 0.717) is 5.82 Å². The van der Waals surface area contributed by atoms with Gasteiger partial charge in [0.2, 0.25) is 0 Å². The summed E-state index contributed by atoms with van der Waals surface area (Å²) in [5, 5.41) is 5.28. The average molecular weight is 488 g/mol. The van der Waals surface area contributed by atoms with Gasteiger partial charge in [-0.25, -0.2) is 14.4 Å². The van der Waals surface area contributed by atoms with Crippen LogP contribution in [-0.2, 0) is 6.42 Å². The molecule has 0 aliphatic rings. The molecule has 34 heavy (non-hydrogen) atoms. The third-order valence-electron chi connectivity index (χ3n) is 5.68. The van der Waals surface area contributed by atoms with E-state index in [2.05, 4.69) is 42.6 Å². The summed E-state index contributed by atoms with van der Waals surface area (Å²) in [6, 6.07) is 25.0. The van der Waals surface area contributed by atoms with Gasteiger partial charge in [-0.1, -0.05) is 48.0 Å². The fourth-order valence-corrected chi connectivity index (χ4v) is 4.92. The zero-order valence-electron chi connectivity index (χ0n) is 18.7. The van der Waals surface area contributed by atoms with Gasteiger partial charge in [-0.3, -0.25) is 0 Å². The van der Waals surface area contributed by atoms with Gasteiger partial charge >= 0.3 is 0 Å². The molecule has 3 nitrogen and oxygen atoms in total. The summed E-state index contributed by atoms with van der Waals surface area (Å²) in [6.45, 7) is 2.87. The van der Waals surface area contributed by atoms with Gasteiger partial charge in [0, 0.05) is 22.0 Å². The molecule has 5 aromatic rings. The van der Waals surface area contributed by atoms with Crippen LogP contribution in [0.3, 0.4) is 0 Å². The van der Waals surface area contributed by atoms with Crippen molar-refractivity contribution in [3.8, 4) is 22.5 Å². The molecule has 3 aromatic carbocycles. The molecular formula is C28H23ClFN3S. The quantitative estimate of drug-likeness (QED) is 0.235. The molecule has 0 aliphatic carbocycles. The minimum atomic E-state index is -0.267. The number of hydrogen-bond acceptors (Lipinski definition) is 4. The van der Waals surface area contributed by atoms with E-state index in [1.165, 1.54) is 28.1 Å². The predicted molar refractivity (Wildman–Crippen MR) is 141 cm³/mol. The van der Waals surface area contributed by atoms with Crippen LogP contribution in [0.15, 0.2) is 78.9 Å². The Morgan fingerprint density at radius 1 is 0.853 bits per heavy atom. The summed E-state index contributed by atoms with van der Waals surface area (Å²) < 4.78 is 13.4. The van der Waals surface area contributed by atoms with Gasteiger partial charge in [0.15, 0.2) is 5.82 Å². The molecule has 0 radical (unpaired) electrons. The molecule has 0 saturated heterocycles. The van der Waals surface area contributed by atoms with Crippen LogP contribution in [0.4, 0.5) is 10.2 Å². The minimum absolute atomic E-state index is 0.267. The first-order valence-electron chi connectivity index (χ1n) is 11.2. The molecular weight excluding hydrogens is 465 g/mol. The smallest absolute Gasteiger partial charge is 0.163 e.